The van der Waals surface area contributed by atoms with Gasteiger partial charge in [-0.3, -0.25) is 0 Å². The second-order valence-electron chi connectivity index (χ2n) is 1.73. The van der Waals surface area contributed by atoms with E-state index < -0.39 is 0 Å². The zero-order chi connectivity index (χ0) is 6.81. The first-order valence-corrected chi connectivity index (χ1v) is 9.63. The smallest absolute Gasteiger partial charge is 0.0833 e. The third-order valence-corrected chi connectivity index (χ3v) is 12.0. The summed E-state index contributed by atoms with van der Waals surface area (Å²) in [5.41, 5.74) is 0. The zero-order valence-electron chi connectivity index (χ0n) is 5.02. The predicted octanol–water partition coefficient (Wildman–Crippen LogP) is 3.81. The van der Waals surface area contributed by atoms with Crippen LogP contribution in [0.4, 0.5) is 0 Å². The van der Waals surface area contributed by atoms with Gasteiger partial charge in [0.1, 0.15) is 0 Å². The largest absolute Gasteiger partial charge is 0.133 e. The fraction of sp³-hybridized carbons (Fsp3) is 1.00. The first-order chi connectivity index (χ1) is 4.97. The maximum Gasteiger partial charge on any atom is 0.0833 e. The molecule has 0 amide bonds. The van der Waals surface area contributed by atoms with Crippen LogP contribution in [0.5, 0.6) is 0 Å². The van der Waals surface area contributed by atoms with Crippen molar-refractivity contribution >= 4 is 66.7 Å². The molecule has 2 rings (SSSR count). The first-order valence-electron chi connectivity index (χ1n) is 2.76. The summed E-state index contributed by atoms with van der Waals surface area (Å²) >= 11 is 4.22. The van der Waals surface area contributed by atoms with Crippen LogP contribution in [-0.2, 0) is 0 Å². The molecule has 0 spiro atoms. The Morgan fingerprint density at radius 2 is 1.30 bits per heavy atom. The molecular weight excluding hydrogens is 240 g/mol. The Balaban J connectivity index is 1.85. The van der Waals surface area contributed by atoms with Gasteiger partial charge in [-0.2, -0.15) is 0 Å². The highest BCUT2D eigenvalue weighted by molar-refractivity contribution is 8.85. The molecule has 0 aromatic carbocycles. The Hall–Kier alpha value is 2.10. The quantitative estimate of drug-likeness (QED) is 0.641. The topological polar surface area (TPSA) is 0 Å². The molecule has 2 saturated heterocycles. The Kier molecular flexibility index (Phi) is 3.79. The van der Waals surface area contributed by atoms with E-state index in [1.807, 2.05) is 21.6 Å². The van der Waals surface area contributed by atoms with E-state index in [1.165, 1.54) is 10.2 Å². The molecule has 0 N–H and O–H groups in total. The number of rotatable bonds is 1. The highest BCUT2D eigenvalue weighted by Gasteiger charge is 2.31. The molecule has 2 fully saturated rings. The molecule has 2 aliphatic heterocycles. The number of thioether (sulfide) groups is 2. The predicted molar refractivity (Wildman–Crippen MR) is 62.9 cm³/mol. The molecule has 0 nitrogen and oxygen atoms in total. The molecule has 2 heterocycles. The van der Waals surface area contributed by atoms with Crippen LogP contribution in [0.25, 0.3) is 0 Å². The highest BCUT2D eigenvalue weighted by Crippen LogP contribution is 2.57. The van der Waals surface area contributed by atoms with Crippen LogP contribution < -0.4 is 0 Å². The minimum atomic E-state index is 0.856. The Bertz CT molecular complexity index is 90.3. The van der Waals surface area contributed by atoms with Gasteiger partial charge in [-0.25, -0.2) is 0 Å². The third-order valence-electron chi connectivity index (χ3n) is 1.11. The van der Waals surface area contributed by atoms with E-state index in [9.17, 15) is 0 Å². The van der Waals surface area contributed by atoms with Crippen LogP contribution in [-0.4, -0.2) is 19.3 Å². The van der Waals surface area contributed by atoms with E-state index in [0.29, 0.717) is 0 Å². The van der Waals surface area contributed by atoms with Gasteiger partial charge in [-0.1, -0.05) is 43.2 Å². The molecule has 10 heavy (non-hydrogen) atoms. The number of hydrogen-bond donors (Lipinski definition) is 0. The lowest BCUT2D eigenvalue weighted by molar-refractivity contribution is 1.39. The standard InChI is InChI=1S/C4H6S6/c1-5-3(9-7-1)4-6-2-8-10-4/h3-4H,1-2H2. The second-order valence-corrected chi connectivity index (χ2v) is 10.3. The molecule has 0 saturated carbocycles. The minimum absolute atomic E-state index is 0.856. The molecule has 6 heteroatoms. The van der Waals surface area contributed by atoms with Crippen molar-refractivity contribution in [2.24, 2.45) is 0 Å². The van der Waals surface area contributed by atoms with Gasteiger partial charge in [0.25, 0.3) is 0 Å². The van der Waals surface area contributed by atoms with E-state index in [0.717, 1.165) is 9.16 Å². The van der Waals surface area contributed by atoms with Crippen molar-refractivity contribution in [3.8, 4) is 0 Å². The molecule has 0 bridgehead atoms. The van der Waals surface area contributed by atoms with Crippen molar-refractivity contribution in [1.29, 1.82) is 0 Å². The summed E-state index contributed by atoms with van der Waals surface area (Å²) in [5, 5.41) is 2.58. The van der Waals surface area contributed by atoms with Gasteiger partial charge in [-0.05, 0) is 0 Å². The molecule has 2 atom stereocenters. The Morgan fingerprint density at radius 1 is 0.800 bits per heavy atom. The van der Waals surface area contributed by atoms with Gasteiger partial charge >= 0.3 is 0 Å². The SMILES string of the molecule is C1SSC(C2SCSS2)S1. The molecule has 2 unspecified atom stereocenters. The first kappa shape index (κ1) is 8.69. The zero-order valence-corrected chi connectivity index (χ0v) is 9.92. The molecule has 0 aromatic rings. The summed E-state index contributed by atoms with van der Waals surface area (Å²) in [6, 6.07) is 0. The summed E-state index contributed by atoms with van der Waals surface area (Å²) in [5.74, 6) is 0. The summed E-state index contributed by atoms with van der Waals surface area (Å²) < 4.78 is 1.71. The third kappa shape index (κ3) is 2.07. The van der Waals surface area contributed by atoms with Crippen LogP contribution in [0.1, 0.15) is 0 Å². The van der Waals surface area contributed by atoms with Crippen LogP contribution in [0, 0.1) is 0 Å². The summed E-state index contributed by atoms with van der Waals surface area (Å²) in [4.78, 5) is 0. The lowest BCUT2D eigenvalue weighted by Gasteiger charge is -2.11. The van der Waals surface area contributed by atoms with E-state index in [4.69, 9.17) is 0 Å². The maximum atomic E-state index is 2.11. The average molecular weight is 246 g/mol. The van der Waals surface area contributed by atoms with Gasteiger partial charge in [-0.15, -0.1) is 23.5 Å². The van der Waals surface area contributed by atoms with E-state index in [1.54, 1.807) is 0 Å². The fourth-order valence-electron chi connectivity index (χ4n) is 0.683. The lowest BCUT2D eigenvalue weighted by Crippen LogP contribution is -2.05. The molecule has 58 valence electrons. The van der Waals surface area contributed by atoms with E-state index in [2.05, 4.69) is 45.1 Å². The lowest BCUT2D eigenvalue weighted by atomic mass is 10.9. The van der Waals surface area contributed by atoms with Crippen LogP contribution in [0.15, 0.2) is 0 Å². The van der Waals surface area contributed by atoms with Gasteiger partial charge in [0, 0.05) is 0 Å². The van der Waals surface area contributed by atoms with Crippen LogP contribution in [0.3, 0.4) is 0 Å². The van der Waals surface area contributed by atoms with Crippen molar-refractivity contribution < 1.29 is 0 Å². The molecule has 0 radical (unpaired) electrons. The van der Waals surface area contributed by atoms with E-state index in [-0.39, 0.29) is 0 Å². The minimum Gasteiger partial charge on any atom is -0.133 e. The monoisotopic (exact) mass is 246 g/mol. The molecule has 2 aliphatic rings. The Labute approximate surface area is 85.4 Å². The molecule has 0 aromatic heterocycles. The molecular formula is C4H6S6. The van der Waals surface area contributed by atoms with Gasteiger partial charge in [0.2, 0.25) is 0 Å². The van der Waals surface area contributed by atoms with E-state index >= 15 is 0 Å². The van der Waals surface area contributed by atoms with Crippen molar-refractivity contribution in [2.75, 3.05) is 10.2 Å². The summed E-state index contributed by atoms with van der Waals surface area (Å²) in [6.07, 6.45) is 0. The average Bonchev–Trinajstić information content (AvgIpc) is 2.59. The van der Waals surface area contributed by atoms with Crippen LogP contribution in [0.2, 0.25) is 0 Å². The Morgan fingerprint density at radius 3 is 1.60 bits per heavy atom. The van der Waals surface area contributed by atoms with Crippen molar-refractivity contribution in [1.82, 2.24) is 0 Å². The van der Waals surface area contributed by atoms with Crippen molar-refractivity contribution in [3.05, 3.63) is 0 Å². The normalized spacial score (nSPS) is 40.8. The fourth-order valence-corrected chi connectivity index (χ4v) is 12.8. The summed E-state index contributed by atoms with van der Waals surface area (Å²) in [6.45, 7) is 0. The second kappa shape index (κ2) is 4.37. The van der Waals surface area contributed by atoms with Crippen molar-refractivity contribution in [3.63, 3.8) is 0 Å². The van der Waals surface area contributed by atoms with Crippen molar-refractivity contribution in [2.45, 2.75) is 9.16 Å². The maximum absolute atomic E-state index is 2.11. The molecule has 0 aliphatic carbocycles. The summed E-state index contributed by atoms with van der Waals surface area (Å²) in [7, 11) is 8.15. The van der Waals surface area contributed by atoms with Crippen LogP contribution >= 0.6 is 66.7 Å². The highest BCUT2D eigenvalue weighted by atomic mass is 33.1. The van der Waals surface area contributed by atoms with Gasteiger partial charge in [0.15, 0.2) is 0 Å². The van der Waals surface area contributed by atoms with Gasteiger partial charge in [0.05, 0.1) is 19.3 Å². The number of hydrogen-bond acceptors (Lipinski definition) is 6. The van der Waals surface area contributed by atoms with Gasteiger partial charge < -0.3 is 0 Å².